The van der Waals surface area contributed by atoms with Crippen molar-refractivity contribution in [3.8, 4) is 22.8 Å². The Bertz CT molecular complexity index is 2330. The van der Waals surface area contributed by atoms with Crippen LogP contribution in [-0.4, -0.2) is 104 Å². The summed E-state index contributed by atoms with van der Waals surface area (Å²) >= 11 is 6.16. The zero-order valence-electron chi connectivity index (χ0n) is 34.2. The SMILES string of the molecule is COC(=O)c1ccc2nc(-c3ccc(OC)cc3)c(N(C)C(C)C)nc2c1.COC(=O)c1ccc2nc(Cl)c(N(C)C(C)C)nc2c1.COc1ccc(B(O)O)cc1. The summed E-state index contributed by atoms with van der Waals surface area (Å²) in [7, 11) is 8.39. The number of ether oxygens (including phenoxy) is 4. The number of carbonyl (C=O) groups is 2. The molecule has 58 heavy (non-hydrogen) atoms. The van der Waals surface area contributed by atoms with E-state index in [1.165, 1.54) is 14.2 Å². The molecular weight excluding hydrogens is 763 g/mol. The molecule has 14 nitrogen and oxygen atoms in total. The highest BCUT2D eigenvalue weighted by Crippen LogP contribution is 2.32. The van der Waals surface area contributed by atoms with E-state index in [-0.39, 0.29) is 12.1 Å². The van der Waals surface area contributed by atoms with E-state index in [9.17, 15) is 9.59 Å². The first kappa shape index (κ1) is 44.7. The molecule has 0 aliphatic heterocycles. The van der Waals surface area contributed by atoms with Gasteiger partial charge in [0.05, 0.1) is 61.6 Å². The summed E-state index contributed by atoms with van der Waals surface area (Å²) in [6, 6.07) is 25.0. The molecule has 4 aromatic carbocycles. The number of hydrogen-bond acceptors (Lipinski definition) is 14. The lowest BCUT2D eigenvalue weighted by Gasteiger charge is -2.25. The van der Waals surface area contributed by atoms with Crippen molar-refractivity contribution in [1.29, 1.82) is 0 Å². The molecule has 0 saturated carbocycles. The second-order valence-corrected chi connectivity index (χ2v) is 13.8. The lowest BCUT2D eigenvalue weighted by atomic mass is 9.80. The van der Waals surface area contributed by atoms with E-state index in [0.29, 0.717) is 49.9 Å². The normalized spacial score (nSPS) is 10.6. The number of aromatic nitrogens is 4. The lowest BCUT2D eigenvalue weighted by molar-refractivity contribution is 0.0592. The fraction of sp³-hybridized carbons (Fsp3) is 0.286. The van der Waals surface area contributed by atoms with E-state index in [2.05, 4.69) is 28.7 Å². The van der Waals surface area contributed by atoms with Gasteiger partial charge in [0.1, 0.15) is 17.2 Å². The molecule has 304 valence electrons. The van der Waals surface area contributed by atoms with Gasteiger partial charge in [-0.1, -0.05) is 23.7 Å². The standard InChI is InChI=1S/C21H23N3O3.C14H16ClN3O2.C7H9BO3/c1-13(2)24(3)20-19(14-6-9-16(26-4)10-7-14)22-17-11-8-15(21(25)27-5)12-18(17)23-20;1-8(2)18(3)13-12(15)16-10-6-5-9(14(19)20-4)7-11(10)17-13;1-11-7-4-2-6(3-5-7)8(9)10/h6-13H,1-5H3;5-8H,1-4H3;2-5,9-10H,1H3. The average Bonchev–Trinajstić information content (AvgIpc) is 3.24. The Kier molecular flexibility index (Phi) is 15.7. The number of hydrogen-bond donors (Lipinski definition) is 2. The van der Waals surface area contributed by atoms with Gasteiger partial charge in [-0.15, -0.1) is 0 Å². The molecule has 0 saturated heterocycles. The van der Waals surface area contributed by atoms with E-state index in [1.54, 1.807) is 74.9 Å². The highest BCUT2D eigenvalue weighted by atomic mass is 35.5. The Hall–Kier alpha value is -6.03. The maximum absolute atomic E-state index is 11.8. The Balaban J connectivity index is 0.000000210. The van der Waals surface area contributed by atoms with Gasteiger partial charge in [0.2, 0.25) is 0 Å². The summed E-state index contributed by atoms with van der Waals surface area (Å²) in [5.74, 6) is 2.04. The largest absolute Gasteiger partial charge is 0.497 e. The van der Waals surface area contributed by atoms with Crippen molar-refractivity contribution in [3.05, 3.63) is 101 Å². The Morgan fingerprint density at radius 3 is 1.47 bits per heavy atom. The third kappa shape index (κ3) is 11.1. The third-order valence-electron chi connectivity index (χ3n) is 9.09. The summed E-state index contributed by atoms with van der Waals surface area (Å²) in [6.45, 7) is 8.25. The molecule has 0 atom stereocenters. The van der Waals surface area contributed by atoms with Crippen molar-refractivity contribution in [2.24, 2.45) is 0 Å². The summed E-state index contributed by atoms with van der Waals surface area (Å²) in [5, 5.41) is 17.8. The zero-order valence-corrected chi connectivity index (χ0v) is 35.0. The Morgan fingerprint density at radius 2 is 1.03 bits per heavy atom. The molecule has 16 heteroatoms. The van der Waals surface area contributed by atoms with Crippen LogP contribution < -0.4 is 24.7 Å². The predicted octanol–water partition coefficient (Wildman–Crippen LogP) is 6.23. The molecule has 6 aromatic rings. The van der Waals surface area contributed by atoms with Gasteiger partial charge in [-0.25, -0.2) is 29.5 Å². The van der Waals surface area contributed by atoms with Gasteiger partial charge in [0, 0.05) is 31.7 Å². The number of benzene rings is 4. The molecule has 0 aliphatic carbocycles. The molecule has 0 aliphatic rings. The average molecular weight is 811 g/mol. The van der Waals surface area contributed by atoms with Crippen molar-refractivity contribution < 1.29 is 38.6 Å². The minimum atomic E-state index is -1.40. The fourth-order valence-electron chi connectivity index (χ4n) is 5.24. The van der Waals surface area contributed by atoms with Crippen molar-refractivity contribution in [3.63, 3.8) is 0 Å². The van der Waals surface area contributed by atoms with Crippen LogP contribution in [0.1, 0.15) is 48.4 Å². The minimum Gasteiger partial charge on any atom is -0.497 e. The van der Waals surface area contributed by atoms with Gasteiger partial charge in [0.25, 0.3) is 0 Å². The first-order chi connectivity index (χ1) is 27.6. The van der Waals surface area contributed by atoms with Gasteiger partial charge in [0.15, 0.2) is 16.8 Å². The van der Waals surface area contributed by atoms with Gasteiger partial charge < -0.3 is 38.8 Å². The number of esters is 2. The number of halogens is 1. The minimum absolute atomic E-state index is 0.234. The highest BCUT2D eigenvalue weighted by Gasteiger charge is 2.19. The molecule has 2 heterocycles. The van der Waals surface area contributed by atoms with Crippen molar-refractivity contribution in [1.82, 2.24) is 19.9 Å². The highest BCUT2D eigenvalue weighted by molar-refractivity contribution is 6.58. The summed E-state index contributed by atoms with van der Waals surface area (Å²) < 4.78 is 19.6. The van der Waals surface area contributed by atoms with Crippen LogP contribution in [0.4, 0.5) is 11.6 Å². The van der Waals surface area contributed by atoms with Gasteiger partial charge in [-0.2, -0.15) is 0 Å². The number of methoxy groups -OCH3 is 4. The topological polar surface area (TPSA) is 170 Å². The smallest absolute Gasteiger partial charge is 0.488 e. The van der Waals surface area contributed by atoms with Crippen LogP contribution in [0.25, 0.3) is 33.3 Å². The molecule has 0 amide bonds. The molecule has 0 unspecified atom stereocenters. The van der Waals surface area contributed by atoms with Crippen LogP contribution >= 0.6 is 11.6 Å². The van der Waals surface area contributed by atoms with Crippen LogP contribution in [0, 0.1) is 0 Å². The molecule has 0 bridgehead atoms. The van der Waals surface area contributed by atoms with Crippen LogP contribution in [0.5, 0.6) is 11.5 Å². The van der Waals surface area contributed by atoms with E-state index < -0.39 is 19.1 Å². The molecule has 0 spiro atoms. The maximum atomic E-state index is 11.8. The predicted molar refractivity (Wildman–Crippen MR) is 229 cm³/mol. The first-order valence-corrected chi connectivity index (χ1v) is 18.6. The number of carbonyl (C=O) groups excluding carboxylic acids is 2. The van der Waals surface area contributed by atoms with Gasteiger partial charge in [-0.05, 0) is 106 Å². The summed E-state index contributed by atoms with van der Waals surface area (Å²) in [5.41, 5.74) is 5.71. The first-order valence-electron chi connectivity index (χ1n) is 18.2. The Labute approximate surface area is 343 Å². The van der Waals surface area contributed by atoms with Crippen LogP contribution in [0.15, 0.2) is 84.9 Å². The van der Waals surface area contributed by atoms with Crippen molar-refractivity contribution in [2.45, 2.75) is 39.8 Å². The summed E-state index contributed by atoms with van der Waals surface area (Å²) in [4.78, 5) is 45.8. The third-order valence-corrected chi connectivity index (χ3v) is 9.34. The van der Waals surface area contributed by atoms with Crippen molar-refractivity contribution in [2.75, 3.05) is 52.3 Å². The molecule has 0 fully saturated rings. The number of rotatable bonds is 10. The lowest BCUT2D eigenvalue weighted by Crippen LogP contribution is -2.29. The molecule has 0 radical (unpaired) electrons. The second-order valence-electron chi connectivity index (χ2n) is 13.4. The van der Waals surface area contributed by atoms with E-state index in [0.717, 1.165) is 28.3 Å². The molecule has 6 rings (SSSR count). The van der Waals surface area contributed by atoms with Gasteiger partial charge >= 0.3 is 19.1 Å². The van der Waals surface area contributed by atoms with Gasteiger partial charge in [-0.3, -0.25) is 0 Å². The monoisotopic (exact) mass is 810 g/mol. The number of anilines is 2. The van der Waals surface area contributed by atoms with E-state index in [1.807, 2.05) is 57.1 Å². The fourth-order valence-corrected chi connectivity index (χ4v) is 5.50. The molecule has 2 N–H and O–H groups in total. The molecular formula is C42H48BClN6O8. The quantitative estimate of drug-likeness (QED) is 0.118. The van der Waals surface area contributed by atoms with E-state index in [4.69, 9.17) is 50.6 Å². The maximum Gasteiger partial charge on any atom is 0.488 e. The van der Waals surface area contributed by atoms with Crippen LogP contribution in [-0.2, 0) is 9.47 Å². The second kappa shape index (κ2) is 20.4. The Morgan fingerprint density at radius 1 is 0.603 bits per heavy atom. The number of fused-ring (bicyclic) bond motifs is 2. The van der Waals surface area contributed by atoms with Crippen molar-refractivity contribution >= 4 is 69.8 Å². The summed E-state index contributed by atoms with van der Waals surface area (Å²) in [6.07, 6.45) is 0. The molecule has 2 aromatic heterocycles. The van der Waals surface area contributed by atoms with Crippen LogP contribution in [0.2, 0.25) is 5.15 Å². The van der Waals surface area contributed by atoms with Crippen LogP contribution in [0.3, 0.4) is 0 Å². The zero-order chi connectivity index (χ0) is 42.7. The number of nitrogens with zero attached hydrogens (tertiary/aromatic N) is 6. The van der Waals surface area contributed by atoms with E-state index >= 15 is 0 Å².